The van der Waals surface area contributed by atoms with Gasteiger partial charge in [0.05, 0.1) is 12.1 Å². The lowest BCUT2D eigenvalue weighted by Gasteiger charge is -2.25. The van der Waals surface area contributed by atoms with E-state index in [0.29, 0.717) is 44.0 Å². The molecule has 0 radical (unpaired) electrons. The summed E-state index contributed by atoms with van der Waals surface area (Å²) in [6.07, 6.45) is 3.31. The zero-order valence-electron chi connectivity index (χ0n) is 21.9. The first kappa shape index (κ1) is 27.7. The van der Waals surface area contributed by atoms with Crippen LogP contribution in [0, 0.1) is 5.92 Å². The fourth-order valence-corrected chi connectivity index (χ4v) is 4.56. The molecular formula is C29H42N4O3. The highest BCUT2D eigenvalue weighted by Gasteiger charge is 2.25. The lowest BCUT2D eigenvalue weighted by Crippen LogP contribution is -2.49. The first-order valence-corrected chi connectivity index (χ1v) is 13.3. The van der Waals surface area contributed by atoms with E-state index in [1.807, 2.05) is 43.3 Å². The summed E-state index contributed by atoms with van der Waals surface area (Å²) >= 11 is 0. The highest BCUT2D eigenvalue weighted by Crippen LogP contribution is 2.27. The third kappa shape index (κ3) is 8.35. The van der Waals surface area contributed by atoms with Gasteiger partial charge in [0.1, 0.15) is 0 Å². The molecule has 2 unspecified atom stereocenters. The normalized spacial score (nSPS) is 15.2. The van der Waals surface area contributed by atoms with Crippen LogP contribution in [0.15, 0.2) is 48.5 Å². The molecule has 7 nitrogen and oxygen atoms in total. The van der Waals surface area contributed by atoms with Crippen LogP contribution in [0.3, 0.4) is 0 Å². The van der Waals surface area contributed by atoms with Crippen LogP contribution < -0.4 is 20.9 Å². The summed E-state index contributed by atoms with van der Waals surface area (Å²) in [7, 11) is 0. The molecule has 0 aromatic heterocycles. The molecule has 2 aromatic carbocycles. The fraction of sp³-hybridized carbons (Fsp3) is 0.517. The molecule has 7 heteroatoms. The van der Waals surface area contributed by atoms with E-state index in [-0.39, 0.29) is 11.8 Å². The van der Waals surface area contributed by atoms with Gasteiger partial charge in [-0.2, -0.15) is 0 Å². The predicted octanol–water partition coefficient (Wildman–Crippen LogP) is 3.97. The number of amides is 2. The summed E-state index contributed by atoms with van der Waals surface area (Å²) in [6, 6.07) is 14.9. The van der Waals surface area contributed by atoms with Gasteiger partial charge in [0.25, 0.3) is 5.91 Å². The number of benzene rings is 2. The molecule has 0 saturated carbocycles. The van der Waals surface area contributed by atoms with E-state index in [9.17, 15) is 14.7 Å². The van der Waals surface area contributed by atoms with Gasteiger partial charge in [-0.1, -0.05) is 44.2 Å². The largest absolute Gasteiger partial charge is 0.390 e. The Morgan fingerprint density at radius 3 is 2.58 bits per heavy atom. The van der Waals surface area contributed by atoms with Crippen molar-refractivity contribution in [1.82, 2.24) is 10.6 Å². The van der Waals surface area contributed by atoms with Crippen LogP contribution in [0.25, 0.3) is 0 Å². The minimum atomic E-state index is -0.746. The average Bonchev–Trinajstić information content (AvgIpc) is 3.29. The summed E-state index contributed by atoms with van der Waals surface area (Å²) in [5, 5.41) is 20.7. The minimum Gasteiger partial charge on any atom is -0.390 e. The SMILES string of the molecule is CCNc1cc(C(=O)NC(Cc2ccccc2)C(O)CNCCCC(C)C)cc(N2CCCC2=O)c1. The van der Waals surface area contributed by atoms with Gasteiger partial charge in [0, 0.05) is 43.0 Å². The molecule has 1 aliphatic rings. The van der Waals surface area contributed by atoms with Crippen LogP contribution in [-0.2, 0) is 11.2 Å². The standard InChI is InChI=1S/C29H42N4O3/c1-4-31-24-17-23(18-25(19-24)33-15-9-13-28(33)35)29(36)32-26(16-22-11-6-5-7-12-22)27(34)20-30-14-8-10-21(2)3/h5-7,11-12,17-19,21,26-27,30-31,34H,4,8-10,13-16,20H2,1-3H3,(H,32,36). The highest BCUT2D eigenvalue weighted by molar-refractivity contribution is 6.00. The average molecular weight is 495 g/mol. The van der Waals surface area contributed by atoms with Crippen molar-refractivity contribution in [2.24, 2.45) is 5.92 Å². The number of anilines is 2. The summed E-state index contributed by atoms with van der Waals surface area (Å²) in [6.45, 7) is 9.00. The van der Waals surface area contributed by atoms with Gasteiger partial charge in [-0.25, -0.2) is 0 Å². The van der Waals surface area contributed by atoms with Crippen LogP contribution in [0.1, 0.15) is 62.4 Å². The van der Waals surface area contributed by atoms with Gasteiger partial charge in [-0.05, 0) is 68.8 Å². The van der Waals surface area contributed by atoms with Gasteiger partial charge in [-0.15, -0.1) is 0 Å². The third-order valence-corrected chi connectivity index (χ3v) is 6.51. The van der Waals surface area contributed by atoms with E-state index in [1.54, 1.807) is 17.0 Å². The molecule has 0 aliphatic carbocycles. The molecule has 2 atom stereocenters. The topological polar surface area (TPSA) is 93.7 Å². The van der Waals surface area contributed by atoms with Gasteiger partial charge in [0.15, 0.2) is 0 Å². The summed E-state index contributed by atoms with van der Waals surface area (Å²) in [4.78, 5) is 27.5. The smallest absolute Gasteiger partial charge is 0.251 e. The summed E-state index contributed by atoms with van der Waals surface area (Å²) in [5.74, 6) is 0.471. The molecule has 1 aliphatic heterocycles. The molecular weight excluding hydrogens is 452 g/mol. The van der Waals surface area contributed by atoms with Crippen molar-refractivity contribution in [3.05, 3.63) is 59.7 Å². The Balaban J connectivity index is 1.75. The van der Waals surface area contributed by atoms with Crippen LogP contribution in [0.4, 0.5) is 11.4 Å². The zero-order valence-corrected chi connectivity index (χ0v) is 21.9. The highest BCUT2D eigenvalue weighted by atomic mass is 16.3. The van der Waals surface area contributed by atoms with Crippen molar-refractivity contribution >= 4 is 23.2 Å². The molecule has 1 saturated heterocycles. The second-order valence-corrected chi connectivity index (χ2v) is 10.0. The van der Waals surface area contributed by atoms with E-state index in [1.165, 1.54) is 0 Å². The van der Waals surface area contributed by atoms with Gasteiger partial charge in [0.2, 0.25) is 5.91 Å². The maximum atomic E-state index is 13.4. The number of carbonyl (C=O) groups is 2. The zero-order chi connectivity index (χ0) is 25.9. The maximum Gasteiger partial charge on any atom is 0.251 e. The Morgan fingerprint density at radius 1 is 1.14 bits per heavy atom. The summed E-state index contributed by atoms with van der Waals surface area (Å²) in [5.41, 5.74) is 3.05. The number of hydrogen-bond donors (Lipinski definition) is 4. The third-order valence-electron chi connectivity index (χ3n) is 6.51. The maximum absolute atomic E-state index is 13.4. The fourth-order valence-electron chi connectivity index (χ4n) is 4.56. The Hall–Kier alpha value is -2.90. The van der Waals surface area contributed by atoms with Gasteiger partial charge in [-0.3, -0.25) is 9.59 Å². The van der Waals surface area contributed by atoms with E-state index in [0.717, 1.165) is 42.7 Å². The van der Waals surface area contributed by atoms with E-state index in [2.05, 4.69) is 29.8 Å². The first-order valence-electron chi connectivity index (χ1n) is 13.3. The molecule has 1 heterocycles. The van der Waals surface area contributed by atoms with E-state index < -0.39 is 12.1 Å². The Kier molecular flexibility index (Phi) is 10.8. The molecule has 36 heavy (non-hydrogen) atoms. The Morgan fingerprint density at radius 2 is 1.92 bits per heavy atom. The molecule has 4 N–H and O–H groups in total. The molecule has 2 aromatic rings. The van der Waals surface area contributed by atoms with Gasteiger partial charge < -0.3 is 26.0 Å². The Labute approximate surface area is 215 Å². The van der Waals surface area contributed by atoms with Crippen molar-refractivity contribution in [2.45, 2.75) is 65.0 Å². The summed E-state index contributed by atoms with van der Waals surface area (Å²) < 4.78 is 0. The monoisotopic (exact) mass is 494 g/mol. The number of hydrogen-bond acceptors (Lipinski definition) is 5. The molecule has 1 fully saturated rings. The number of carbonyl (C=O) groups excluding carboxylic acids is 2. The van der Waals surface area contributed by atoms with Gasteiger partial charge >= 0.3 is 0 Å². The van der Waals surface area contributed by atoms with E-state index in [4.69, 9.17) is 0 Å². The van der Waals surface area contributed by atoms with Crippen LogP contribution >= 0.6 is 0 Å². The quantitative estimate of drug-likeness (QED) is 0.298. The number of rotatable bonds is 14. The lowest BCUT2D eigenvalue weighted by atomic mass is 10.00. The number of aliphatic hydroxyl groups is 1. The minimum absolute atomic E-state index is 0.0796. The number of nitrogens with one attached hydrogen (secondary N) is 3. The van der Waals surface area contributed by atoms with Crippen molar-refractivity contribution < 1.29 is 14.7 Å². The van der Waals surface area contributed by atoms with Crippen molar-refractivity contribution in [2.75, 3.05) is 36.4 Å². The van der Waals surface area contributed by atoms with Crippen LogP contribution in [0.2, 0.25) is 0 Å². The van der Waals surface area contributed by atoms with Crippen molar-refractivity contribution in [1.29, 1.82) is 0 Å². The van der Waals surface area contributed by atoms with Crippen molar-refractivity contribution in [3.8, 4) is 0 Å². The second-order valence-electron chi connectivity index (χ2n) is 10.0. The van der Waals surface area contributed by atoms with Crippen LogP contribution in [0.5, 0.6) is 0 Å². The number of aliphatic hydroxyl groups excluding tert-OH is 1. The molecule has 0 bridgehead atoms. The molecule has 0 spiro atoms. The Bertz CT molecular complexity index is 980. The predicted molar refractivity (Wildman–Crippen MR) is 147 cm³/mol. The number of nitrogens with zero attached hydrogens (tertiary/aromatic N) is 1. The first-order chi connectivity index (χ1) is 17.4. The van der Waals surface area contributed by atoms with Crippen LogP contribution in [-0.4, -0.2) is 55.2 Å². The van der Waals surface area contributed by atoms with Crippen molar-refractivity contribution in [3.63, 3.8) is 0 Å². The molecule has 196 valence electrons. The molecule has 3 rings (SSSR count). The molecule has 2 amide bonds. The second kappa shape index (κ2) is 14.0. The lowest BCUT2D eigenvalue weighted by molar-refractivity contribution is -0.117. The van der Waals surface area contributed by atoms with E-state index >= 15 is 0 Å².